The topological polar surface area (TPSA) is 18.5 Å². The first-order valence-corrected chi connectivity index (χ1v) is 6.20. The van der Waals surface area contributed by atoms with Crippen molar-refractivity contribution < 1.29 is 9.47 Å². The van der Waals surface area contributed by atoms with E-state index >= 15 is 0 Å². The molecule has 1 aliphatic rings. The SMILES string of the molecule is C[C@@]1(c2ccccc2)OC[C@H](c2ccccc2)O1. The molecule has 3 rings (SSSR count). The molecule has 2 atom stereocenters. The number of hydrogen-bond donors (Lipinski definition) is 0. The summed E-state index contributed by atoms with van der Waals surface area (Å²) in [6.07, 6.45) is 0.0106. The Kier molecular flexibility index (Phi) is 2.90. The molecule has 0 radical (unpaired) electrons. The minimum atomic E-state index is -0.637. The Morgan fingerprint density at radius 3 is 2.22 bits per heavy atom. The zero-order chi connectivity index (χ0) is 12.4. The molecule has 0 amide bonds. The van der Waals surface area contributed by atoms with E-state index in [0.29, 0.717) is 6.61 Å². The molecule has 0 saturated carbocycles. The second kappa shape index (κ2) is 4.56. The van der Waals surface area contributed by atoms with Crippen molar-refractivity contribution in [3.8, 4) is 0 Å². The standard InChI is InChI=1S/C16H16O2/c1-16(14-10-6-3-7-11-14)17-12-15(18-16)13-8-4-2-5-9-13/h2-11,15H,12H2,1H3/t15-,16-/m1/s1. The lowest BCUT2D eigenvalue weighted by atomic mass is 10.1. The van der Waals surface area contributed by atoms with Crippen LogP contribution in [0.1, 0.15) is 24.2 Å². The van der Waals surface area contributed by atoms with E-state index < -0.39 is 5.79 Å². The van der Waals surface area contributed by atoms with Crippen molar-refractivity contribution in [3.63, 3.8) is 0 Å². The molecule has 0 unspecified atom stereocenters. The highest BCUT2D eigenvalue weighted by Crippen LogP contribution is 2.39. The molecule has 1 saturated heterocycles. The van der Waals surface area contributed by atoms with Crippen LogP contribution in [0.4, 0.5) is 0 Å². The minimum Gasteiger partial charge on any atom is -0.343 e. The largest absolute Gasteiger partial charge is 0.343 e. The van der Waals surface area contributed by atoms with Gasteiger partial charge in [0.25, 0.3) is 0 Å². The fourth-order valence-electron chi connectivity index (χ4n) is 2.30. The van der Waals surface area contributed by atoms with Crippen molar-refractivity contribution in [2.45, 2.75) is 18.8 Å². The Hall–Kier alpha value is -1.64. The molecule has 0 aromatic heterocycles. The van der Waals surface area contributed by atoms with Gasteiger partial charge in [0.1, 0.15) is 6.10 Å². The quantitative estimate of drug-likeness (QED) is 0.797. The third-order valence-electron chi connectivity index (χ3n) is 3.35. The van der Waals surface area contributed by atoms with Gasteiger partial charge in [-0.15, -0.1) is 0 Å². The van der Waals surface area contributed by atoms with Crippen LogP contribution in [0.3, 0.4) is 0 Å². The maximum atomic E-state index is 6.10. The average Bonchev–Trinajstić information content (AvgIpc) is 2.85. The molecule has 0 bridgehead atoms. The number of rotatable bonds is 2. The van der Waals surface area contributed by atoms with Crippen LogP contribution in [0.25, 0.3) is 0 Å². The summed E-state index contributed by atoms with van der Waals surface area (Å²) >= 11 is 0. The van der Waals surface area contributed by atoms with E-state index in [9.17, 15) is 0 Å². The number of ether oxygens (including phenoxy) is 2. The van der Waals surface area contributed by atoms with Crippen LogP contribution in [0.2, 0.25) is 0 Å². The molecule has 2 aromatic carbocycles. The van der Waals surface area contributed by atoms with Gasteiger partial charge < -0.3 is 9.47 Å². The molecule has 0 N–H and O–H groups in total. The van der Waals surface area contributed by atoms with Gasteiger partial charge in [-0.3, -0.25) is 0 Å². The number of hydrogen-bond acceptors (Lipinski definition) is 2. The predicted octanol–water partition coefficient (Wildman–Crippen LogP) is 3.65. The average molecular weight is 240 g/mol. The van der Waals surface area contributed by atoms with Crippen molar-refractivity contribution in [1.29, 1.82) is 0 Å². The molecule has 2 nitrogen and oxygen atoms in total. The molecular weight excluding hydrogens is 224 g/mol. The van der Waals surface area contributed by atoms with E-state index in [-0.39, 0.29) is 6.10 Å². The van der Waals surface area contributed by atoms with Crippen LogP contribution in [-0.4, -0.2) is 6.61 Å². The summed E-state index contributed by atoms with van der Waals surface area (Å²) in [4.78, 5) is 0. The van der Waals surface area contributed by atoms with Crippen LogP contribution < -0.4 is 0 Å². The predicted molar refractivity (Wildman–Crippen MR) is 70.0 cm³/mol. The van der Waals surface area contributed by atoms with E-state index in [1.807, 2.05) is 55.5 Å². The van der Waals surface area contributed by atoms with Gasteiger partial charge in [-0.2, -0.15) is 0 Å². The third-order valence-corrected chi connectivity index (χ3v) is 3.35. The van der Waals surface area contributed by atoms with Crippen LogP contribution >= 0.6 is 0 Å². The highest BCUT2D eigenvalue weighted by molar-refractivity contribution is 5.23. The molecule has 1 aliphatic heterocycles. The van der Waals surface area contributed by atoms with E-state index in [1.165, 1.54) is 0 Å². The summed E-state index contributed by atoms with van der Waals surface area (Å²) in [5.74, 6) is -0.637. The van der Waals surface area contributed by atoms with Crippen LogP contribution in [0, 0.1) is 0 Å². The van der Waals surface area contributed by atoms with Crippen LogP contribution in [-0.2, 0) is 15.3 Å². The minimum absolute atomic E-state index is 0.0106. The van der Waals surface area contributed by atoms with Crippen molar-refractivity contribution in [2.24, 2.45) is 0 Å². The van der Waals surface area contributed by atoms with Gasteiger partial charge in [0.2, 0.25) is 0 Å². The van der Waals surface area contributed by atoms with Gasteiger partial charge in [-0.05, 0) is 12.5 Å². The highest BCUT2D eigenvalue weighted by atomic mass is 16.7. The molecule has 92 valence electrons. The summed E-state index contributed by atoms with van der Waals surface area (Å²) in [6, 6.07) is 20.3. The Labute approximate surface area is 107 Å². The van der Waals surface area contributed by atoms with E-state index in [2.05, 4.69) is 12.1 Å². The first-order valence-electron chi connectivity index (χ1n) is 6.20. The number of benzene rings is 2. The fourth-order valence-corrected chi connectivity index (χ4v) is 2.30. The van der Waals surface area contributed by atoms with Crippen LogP contribution in [0.15, 0.2) is 60.7 Å². The monoisotopic (exact) mass is 240 g/mol. The summed E-state index contributed by atoms with van der Waals surface area (Å²) in [6.45, 7) is 2.57. The maximum Gasteiger partial charge on any atom is 0.192 e. The van der Waals surface area contributed by atoms with Crippen LogP contribution in [0.5, 0.6) is 0 Å². The zero-order valence-electron chi connectivity index (χ0n) is 10.4. The van der Waals surface area contributed by atoms with Gasteiger partial charge in [0, 0.05) is 5.56 Å². The first-order chi connectivity index (χ1) is 8.78. The summed E-state index contributed by atoms with van der Waals surface area (Å²) in [7, 11) is 0. The molecule has 2 aromatic rings. The second-order valence-corrected chi connectivity index (χ2v) is 4.64. The Morgan fingerprint density at radius 2 is 1.56 bits per heavy atom. The van der Waals surface area contributed by atoms with Gasteiger partial charge in [0.15, 0.2) is 5.79 Å². The molecular formula is C16H16O2. The molecule has 0 spiro atoms. The second-order valence-electron chi connectivity index (χ2n) is 4.64. The smallest absolute Gasteiger partial charge is 0.192 e. The van der Waals surface area contributed by atoms with Crippen molar-refractivity contribution in [2.75, 3.05) is 6.61 Å². The molecule has 1 heterocycles. The Balaban J connectivity index is 1.83. The first kappa shape index (κ1) is 11.5. The summed E-state index contributed by atoms with van der Waals surface area (Å²) in [5, 5.41) is 0. The third kappa shape index (κ3) is 2.05. The highest BCUT2D eigenvalue weighted by Gasteiger charge is 2.39. The Bertz CT molecular complexity index is 509. The molecule has 1 fully saturated rings. The lowest BCUT2D eigenvalue weighted by Crippen LogP contribution is -2.22. The summed E-state index contributed by atoms with van der Waals surface area (Å²) in [5.41, 5.74) is 2.22. The van der Waals surface area contributed by atoms with Crippen molar-refractivity contribution in [3.05, 3.63) is 71.8 Å². The molecule has 18 heavy (non-hydrogen) atoms. The van der Waals surface area contributed by atoms with E-state index in [4.69, 9.17) is 9.47 Å². The lowest BCUT2D eigenvalue weighted by molar-refractivity contribution is -0.162. The summed E-state index contributed by atoms with van der Waals surface area (Å²) < 4.78 is 12.0. The lowest BCUT2D eigenvalue weighted by Gasteiger charge is -2.23. The van der Waals surface area contributed by atoms with Gasteiger partial charge in [-0.1, -0.05) is 60.7 Å². The van der Waals surface area contributed by atoms with Gasteiger partial charge in [-0.25, -0.2) is 0 Å². The van der Waals surface area contributed by atoms with Gasteiger partial charge >= 0.3 is 0 Å². The molecule has 0 aliphatic carbocycles. The van der Waals surface area contributed by atoms with Gasteiger partial charge in [0.05, 0.1) is 6.61 Å². The zero-order valence-corrected chi connectivity index (χ0v) is 10.4. The van der Waals surface area contributed by atoms with E-state index in [1.54, 1.807) is 0 Å². The Morgan fingerprint density at radius 1 is 0.944 bits per heavy atom. The molecule has 2 heteroatoms. The van der Waals surface area contributed by atoms with Crippen molar-refractivity contribution in [1.82, 2.24) is 0 Å². The normalized spacial score (nSPS) is 27.3. The fraction of sp³-hybridized carbons (Fsp3) is 0.250. The van der Waals surface area contributed by atoms with Crippen molar-refractivity contribution >= 4 is 0 Å². The van der Waals surface area contributed by atoms with E-state index in [0.717, 1.165) is 11.1 Å². The maximum absolute atomic E-state index is 6.10.